The third-order valence-electron chi connectivity index (χ3n) is 3.13. The molecule has 0 aliphatic rings. The molecule has 5 nitrogen and oxygen atoms in total. The van der Waals surface area contributed by atoms with E-state index in [-0.39, 0.29) is 5.56 Å². The fourth-order valence-corrected chi connectivity index (χ4v) is 2.11. The molecule has 0 amide bonds. The van der Waals surface area contributed by atoms with Gasteiger partial charge >= 0.3 is 0 Å². The molecule has 0 saturated carbocycles. The van der Waals surface area contributed by atoms with E-state index in [0.717, 1.165) is 24.3 Å². The van der Waals surface area contributed by atoms with Crippen molar-refractivity contribution in [1.29, 1.82) is 0 Å². The molecule has 102 valence electrons. The fourth-order valence-electron chi connectivity index (χ4n) is 2.11. The van der Waals surface area contributed by atoms with Gasteiger partial charge in [-0.25, -0.2) is 0 Å². The molecule has 0 aliphatic carbocycles. The molecular weight excluding hydrogens is 240 g/mol. The van der Waals surface area contributed by atoms with E-state index in [9.17, 15) is 4.79 Å². The zero-order valence-electron chi connectivity index (χ0n) is 11.7. The third kappa shape index (κ3) is 3.05. The Hall–Kier alpha value is -2.04. The number of nitrogens with zero attached hydrogens (tertiary/aromatic N) is 3. The Labute approximate surface area is 112 Å². The van der Waals surface area contributed by atoms with Crippen LogP contribution < -0.4 is 10.9 Å². The molecule has 19 heavy (non-hydrogen) atoms. The first-order valence-corrected chi connectivity index (χ1v) is 6.59. The summed E-state index contributed by atoms with van der Waals surface area (Å²) in [7, 11) is 1.93. The van der Waals surface area contributed by atoms with E-state index in [1.165, 1.54) is 5.56 Å². The molecule has 0 bridgehead atoms. The molecule has 0 aromatic carbocycles. The average molecular weight is 260 g/mol. The number of pyridine rings is 1. The number of anilines is 1. The highest BCUT2D eigenvalue weighted by molar-refractivity contribution is 5.41. The lowest BCUT2D eigenvalue weighted by molar-refractivity contribution is 0.727. The first-order valence-electron chi connectivity index (χ1n) is 6.59. The number of hydrogen-bond donors (Lipinski definition) is 1. The Kier molecular flexibility index (Phi) is 4.04. The van der Waals surface area contributed by atoms with Crippen LogP contribution in [0.3, 0.4) is 0 Å². The van der Waals surface area contributed by atoms with Gasteiger partial charge in [-0.05, 0) is 19.4 Å². The largest absolute Gasteiger partial charge is 0.380 e. The minimum atomic E-state index is 0.0312. The summed E-state index contributed by atoms with van der Waals surface area (Å²) >= 11 is 0. The first kappa shape index (κ1) is 13.4. The Morgan fingerprint density at radius 1 is 1.26 bits per heavy atom. The molecule has 2 rings (SSSR count). The van der Waals surface area contributed by atoms with E-state index in [2.05, 4.69) is 17.3 Å². The van der Waals surface area contributed by atoms with Crippen molar-refractivity contribution in [2.75, 3.05) is 5.32 Å². The zero-order valence-corrected chi connectivity index (χ0v) is 11.7. The smallest absolute Gasteiger partial charge is 0.250 e. The molecule has 1 N–H and O–H groups in total. The first-order chi connectivity index (χ1) is 9.13. The highest BCUT2D eigenvalue weighted by Gasteiger charge is 2.05. The van der Waals surface area contributed by atoms with Crippen LogP contribution in [0.25, 0.3) is 0 Å². The van der Waals surface area contributed by atoms with E-state index in [1.807, 2.05) is 37.1 Å². The van der Waals surface area contributed by atoms with E-state index in [0.29, 0.717) is 6.54 Å². The quantitative estimate of drug-likeness (QED) is 0.891. The summed E-state index contributed by atoms with van der Waals surface area (Å²) in [5.74, 6) is 0. The maximum Gasteiger partial charge on any atom is 0.250 e. The SMILES string of the molecule is CCc1nn(C)cc1CNc1ccc(=O)n(CC)c1. The monoisotopic (exact) mass is 260 g/mol. The van der Waals surface area contributed by atoms with Crippen LogP contribution >= 0.6 is 0 Å². The second-order valence-electron chi connectivity index (χ2n) is 4.52. The molecule has 0 saturated heterocycles. The summed E-state index contributed by atoms with van der Waals surface area (Å²) in [5, 5.41) is 7.75. The lowest BCUT2D eigenvalue weighted by Crippen LogP contribution is -2.17. The molecule has 5 heteroatoms. The normalized spacial score (nSPS) is 10.7. The van der Waals surface area contributed by atoms with Crippen LogP contribution in [0.15, 0.2) is 29.3 Å². The maximum absolute atomic E-state index is 11.5. The van der Waals surface area contributed by atoms with Gasteiger partial charge < -0.3 is 9.88 Å². The van der Waals surface area contributed by atoms with Crippen LogP contribution in [0.5, 0.6) is 0 Å². The summed E-state index contributed by atoms with van der Waals surface area (Å²) < 4.78 is 3.52. The molecule has 2 aromatic rings. The summed E-state index contributed by atoms with van der Waals surface area (Å²) in [6, 6.07) is 3.41. The molecule has 0 unspecified atom stereocenters. The summed E-state index contributed by atoms with van der Waals surface area (Å²) in [5.41, 5.74) is 3.29. The van der Waals surface area contributed by atoms with Crippen LogP contribution in [0.1, 0.15) is 25.1 Å². The summed E-state index contributed by atoms with van der Waals surface area (Å²) in [4.78, 5) is 11.5. The van der Waals surface area contributed by atoms with Gasteiger partial charge in [0.05, 0.1) is 11.4 Å². The summed E-state index contributed by atoms with van der Waals surface area (Å²) in [6.07, 6.45) is 4.80. The average Bonchev–Trinajstić information content (AvgIpc) is 2.78. The minimum Gasteiger partial charge on any atom is -0.380 e. The van der Waals surface area contributed by atoms with Gasteiger partial charge in [0.2, 0.25) is 0 Å². The molecule has 0 atom stereocenters. The summed E-state index contributed by atoms with van der Waals surface area (Å²) in [6.45, 7) is 5.46. The lowest BCUT2D eigenvalue weighted by Gasteiger charge is -2.08. The molecule has 2 heterocycles. The van der Waals surface area contributed by atoms with Crippen molar-refractivity contribution in [1.82, 2.24) is 14.3 Å². The van der Waals surface area contributed by atoms with Gasteiger partial charge in [-0.2, -0.15) is 5.10 Å². The fraction of sp³-hybridized carbons (Fsp3) is 0.429. The Balaban J connectivity index is 2.12. The van der Waals surface area contributed by atoms with Gasteiger partial charge in [0.1, 0.15) is 0 Å². The van der Waals surface area contributed by atoms with Gasteiger partial charge in [-0.3, -0.25) is 9.48 Å². The lowest BCUT2D eigenvalue weighted by atomic mass is 10.2. The van der Waals surface area contributed by atoms with E-state index in [4.69, 9.17) is 0 Å². The van der Waals surface area contributed by atoms with Crippen LogP contribution in [0.2, 0.25) is 0 Å². The van der Waals surface area contributed by atoms with Gasteiger partial charge in [0.15, 0.2) is 0 Å². The highest BCUT2D eigenvalue weighted by Crippen LogP contribution is 2.11. The minimum absolute atomic E-state index is 0.0312. The van der Waals surface area contributed by atoms with E-state index in [1.54, 1.807) is 10.6 Å². The molecular formula is C14H20N4O. The predicted octanol–water partition coefficient (Wildman–Crippen LogP) is 1.78. The van der Waals surface area contributed by atoms with Crippen molar-refractivity contribution in [3.63, 3.8) is 0 Å². The maximum atomic E-state index is 11.5. The van der Waals surface area contributed by atoms with Crippen molar-refractivity contribution in [2.45, 2.75) is 33.4 Å². The van der Waals surface area contributed by atoms with Gasteiger partial charge in [-0.1, -0.05) is 6.92 Å². The van der Waals surface area contributed by atoms with Crippen LogP contribution in [0.4, 0.5) is 5.69 Å². The zero-order chi connectivity index (χ0) is 13.8. The van der Waals surface area contributed by atoms with Crippen molar-refractivity contribution in [3.05, 3.63) is 46.1 Å². The van der Waals surface area contributed by atoms with Crippen molar-refractivity contribution in [3.8, 4) is 0 Å². The van der Waals surface area contributed by atoms with Crippen molar-refractivity contribution in [2.24, 2.45) is 7.05 Å². The third-order valence-corrected chi connectivity index (χ3v) is 3.13. The highest BCUT2D eigenvalue weighted by atomic mass is 16.1. The van der Waals surface area contributed by atoms with Crippen LogP contribution in [0, 0.1) is 0 Å². The Bertz CT molecular complexity index is 612. The molecule has 0 radical (unpaired) electrons. The number of aryl methyl sites for hydroxylation is 3. The van der Waals surface area contributed by atoms with Gasteiger partial charge in [-0.15, -0.1) is 0 Å². The Morgan fingerprint density at radius 2 is 2.05 bits per heavy atom. The number of aromatic nitrogens is 3. The predicted molar refractivity (Wildman–Crippen MR) is 76.3 cm³/mol. The van der Waals surface area contributed by atoms with E-state index >= 15 is 0 Å². The second-order valence-corrected chi connectivity index (χ2v) is 4.52. The van der Waals surface area contributed by atoms with Gasteiger partial charge in [0.25, 0.3) is 5.56 Å². The molecule has 2 aromatic heterocycles. The van der Waals surface area contributed by atoms with Crippen LogP contribution in [-0.2, 0) is 26.6 Å². The number of rotatable bonds is 5. The number of nitrogens with one attached hydrogen (secondary N) is 1. The van der Waals surface area contributed by atoms with Crippen molar-refractivity contribution >= 4 is 5.69 Å². The molecule has 0 fully saturated rings. The Morgan fingerprint density at radius 3 is 2.74 bits per heavy atom. The molecule has 0 aliphatic heterocycles. The number of hydrogen-bond acceptors (Lipinski definition) is 3. The topological polar surface area (TPSA) is 51.9 Å². The van der Waals surface area contributed by atoms with E-state index < -0.39 is 0 Å². The van der Waals surface area contributed by atoms with Crippen LogP contribution in [-0.4, -0.2) is 14.3 Å². The standard InChI is InChI=1S/C14H20N4O/c1-4-13-11(9-17(3)16-13)8-15-12-6-7-14(19)18(5-2)10-12/h6-7,9-10,15H,4-5,8H2,1-3H3. The van der Waals surface area contributed by atoms with Gasteiger partial charge in [0, 0.05) is 44.2 Å². The second kappa shape index (κ2) is 5.73. The molecule has 0 spiro atoms. The van der Waals surface area contributed by atoms with Crippen molar-refractivity contribution < 1.29 is 0 Å².